The predicted molar refractivity (Wildman–Crippen MR) is 115 cm³/mol. The van der Waals surface area contributed by atoms with Crippen LogP contribution in [-0.2, 0) is 0 Å². The summed E-state index contributed by atoms with van der Waals surface area (Å²) in [7, 11) is 0. The number of hydrogen-bond acceptors (Lipinski definition) is 5. The molecule has 148 valence electrons. The van der Waals surface area contributed by atoms with Gasteiger partial charge in [-0.15, -0.1) is 11.3 Å². The average molecular weight is 447 g/mol. The molecule has 8 heteroatoms. The Bertz CT molecular complexity index is 1260. The van der Waals surface area contributed by atoms with Gasteiger partial charge in [0.25, 0.3) is 5.56 Å². The zero-order valence-corrected chi connectivity index (χ0v) is 17.8. The van der Waals surface area contributed by atoms with Gasteiger partial charge in [-0.2, -0.15) is 5.26 Å². The predicted octanol–water partition coefficient (Wildman–Crippen LogP) is 5.60. The van der Waals surface area contributed by atoms with Crippen LogP contribution < -0.4 is 5.56 Å². The third kappa shape index (κ3) is 3.14. The van der Waals surface area contributed by atoms with Crippen LogP contribution in [0.1, 0.15) is 58.1 Å². The Labute approximate surface area is 180 Å². The van der Waals surface area contributed by atoms with Gasteiger partial charge >= 0.3 is 0 Å². The van der Waals surface area contributed by atoms with E-state index in [4.69, 9.17) is 23.2 Å². The Kier molecular flexibility index (Phi) is 5.16. The zero-order valence-electron chi connectivity index (χ0n) is 15.5. The lowest BCUT2D eigenvalue weighted by Crippen LogP contribution is -2.29. The number of thiophene rings is 1. The van der Waals surface area contributed by atoms with Crippen molar-refractivity contribution < 1.29 is 9.90 Å². The summed E-state index contributed by atoms with van der Waals surface area (Å²) in [4.78, 5) is 26.5. The smallest absolute Gasteiger partial charge is 0.271 e. The highest BCUT2D eigenvalue weighted by atomic mass is 35.5. The number of carbonyl (C=O) groups excluding carboxylic acids is 1. The van der Waals surface area contributed by atoms with Crippen molar-refractivity contribution in [1.82, 2.24) is 4.57 Å². The van der Waals surface area contributed by atoms with E-state index >= 15 is 0 Å². The van der Waals surface area contributed by atoms with Crippen LogP contribution in [0.5, 0.6) is 5.88 Å². The van der Waals surface area contributed by atoms with Crippen LogP contribution in [-0.4, -0.2) is 15.5 Å². The summed E-state index contributed by atoms with van der Waals surface area (Å²) in [5.41, 5.74) is -0.563. The number of pyridine rings is 1. The lowest BCUT2D eigenvalue weighted by Gasteiger charge is -2.19. The van der Waals surface area contributed by atoms with E-state index < -0.39 is 17.2 Å². The van der Waals surface area contributed by atoms with Crippen molar-refractivity contribution in [3.8, 4) is 11.9 Å². The molecule has 3 aromatic rings. The first-order valence-electron chi connectivity index (χ1n) is 9.15. The molecule has 1 fully saturated rings. The molecular weight excluding hydrogens is 431 g/mol. The Morgan fingerprint density at radius 1 is 1.31 bits per heavy atom. The number of benzene rings is 1. The second kappa shape index (κ2) is 7.49. The fourth-order valence-corrected chi connectivity index (χ4v) is 5.73. The molecule has 0 amide bonds. The third-order valence-corrected chi connectivity index (χ3v) is 7.35. The minimum atomic E-state index is -0.555. The van der Waals surface area contributed by atoms with Crippen molar-refractivity contribution in [3.05, 3.63) is 60.2 Å². The summed E-state index contributed by atoms with van der Waals surface area (Å²) < 4.78 is 1.96. The maximum Gasteiger partial charge on any atom is 0.271 e. The summed E-state index contributed by atoms with van der Waals surface area (Å²) in [5.74, 6) is -0.902. The van der Waals surface area contributed by atoms with Crippen LogP contribution in [0.25, 0.3) is 10.1 Å². The molecule has 0 saturated heterocycles. The standard InChI is InChI=1S/C21H16Cl2N2O3S/c1-10-14(9-24)20(27)25(12-4-2-3-5-12)21(28)16(10)18(26)19-17(23)13-7-6-11(22)8-15(13)29-19/h6-8,12,28H,2-5H2,1H3. The van der Waals surface area contributed by atoms with Crippen LogP contribution in [0.15, 0.2) is 23.0 Å². The lowest BCUT2D eigenvalue weighted by atomic mass is 10.00. The molecule has 2 aromatic heterocycles. The van der Waals surface area contributed by atoms with Gasteiger partial charge in [0.05, 0.1) is 15.5 Å². The first-order valence-corrected chi connectivity index (χ1v) is 10.7. The van der Waals surface area contributed by atoms with Crippen molar-refractivity contribution >= 4 is 50.4 Å². The second-order valence-electron chi connectivity index (χ2n) is 7.14. The van der Waals surface area contributed by atoms with Gasteiger partial charge in [-0.25, -0.2) is 0 Å². The lowest BCUT2D eigenvalue weighted by molar-refractivity contribution is 0.103. The molecule has 0 radical (unpaired) electrons. The molecule has 1 aliphatic carbocycles. The van der Waals surface area contributed by atoms with Crippen molar-refractivity contribution in [2.24, 2.45) is 0 Å². The number of nitrogens with zero attached hydrogens (tertiary/aromatic N) is 2. The molecular formula is C21H16Cl2N2O3S. The number of nitriles is 1. The normalized spacial score (nSPS) is 14.4. The molecule has 1 N–H and O–H groups in total. The van der Waals surface area contributed by atoms with E-state index in [1.54, 1.807) is 18.2 Å². The Hall–Kier alpha value is -2.33. The highest BCUT2D eigenvalue weighted by molar-refractivity contribution is 7.21. The van der Waals surface area contributed by atoms with Gasteiger partial charge in [-0.3, -0.25) is 14.2 Å². The molecule has 1 aliphatic rings. The largest absolute Gasteiger partial charge is 0.494 e. The maximum atomic E-state index is 13.4. The second-order valence-corrected chi connectivity index (χ2v) is 9.01. The molecule has 5 nitrogen and oxygen atoms in total. The number of rotatable bonds is 3. The van der Waals surface area contributed by atoms with E-state index in [0.717, 1.165) is 30.4 Å². The molecule has 0 atom stereocenters. The monoisotopic (exact) mass is 446 g/mol. The first-order chi connectivity index (χ1) is 13.8. The van der Waals surface area contributed by atoms with Crippen molar-refractivity contribution in [3.63, 3.8) is 0 Å². The van der Waals surface area contributed by atoms with Gasteiger partial charge in [0, 0.05) is 21.2 Å². The highest BCUT2D eigenvalue weighted by Gasteiger charge is 2.31. The van der Waals surface area contributed by atoms with E-state index in [1.807, 2.05) is 6.07 Å². The summed E-state index contributed by atoms with van der Waals surface area (Å²) in [6, 6.07) is 6.83. The topological polar surface area (TPSA) is 83.1 Å². The molecule has 29 heavy (non-hydrogen) atoms. The van der Waals surface area contributed by atoms with Crippen molar-refractivity contribution in [2.45, 2.75) is 38.6 Å². The molecule has 0 spiro atoms. The van der Waals surface area contributed by atoms with Crippen LogP contribution >= 0.6 is 34.5 Å². The number of carbonyl (C=O) groups is 1. The van der Waals surface area contributed by atoms with E-state index in [9.17, 15) is 20.0 Å². The number of aromatic hydroxyl groups is 1. The zero-order chi connectivity index (χ0) is 20.9. The SMILES string of the molecule is Cc1c(C(=O)c2sc3cc(Cl)ccc3c2Cl)c(O)n(C2CCCC2)c(=O)c1C#N. The van der Waals surface area contributed by atoms with Crippen molar-refractivity contribution in [1.29, 1.82) is 5.26 Å². The van der Waals surface area contributed by atoms with Gasteiger partial charge in [0.1, 0.15) is 11.6 Å². The van der Waals surface area contributed by atoms with Crippen LogP contribution in [0.4, 0.5) is 0 Å². The minimum absolute atomic E-state index is 0.0485. The number of ketones is 1. The van der Waals surface area contributed by atoms with E-state index in [0.29, 0.717) is 10.4 Å². The van der Waals surface area contributed by atoms with Gasteiger partial charge < -0.3 is 5.11 Å². The summed E-state index contributed by atoms with van der Waals surface area (Å²) >= 11 is 13.7. The number of fused-ring (bicyclic) bond motifs is 1. The minimum Gasteiger partial charge on any atom is -0.494 e. The Balaban J connectivity index is 1.96. The van der Waals surface area contributed by atoms with E-state index in [1.165, 1.54) is 22.8 Å². The van der Waals surface area contributed by atoms with E-state index in [-0.39, 0.29) is 32.6 Å². The quantitative estimate of drug-likeness (QED) is 0.530. The molecule has 2 heterocycles. The summed E-state index contributed by atoms with van der Waals surface area (Å²) in [6.45, 7) is 1.50. The third-order valence-electron chi connectivity index (χ3n) is 5.46. The fraction of sp³-hybridized carbons (Fsp3) is 0.286. The van der Waals surface area contributed by atoms with Gasteiger partial charge in [-0.1, -0.05) is 42.1 Å². The summed E-state index contributed by atoms with van der Waals surface area (Å²) in [5, 5.41) is 22.0. The molecule has 0 aliphatic heterocycles. The number of halogens is 2. The average Bonchev–Trinajstić information content (AvgIpc) is 3.30. The summed E-state index contributed by atoms with van der Waals surface area (Å²) in [6.07, 6.45) is 3.30. The molecule has 0 unspecified atom stereocenters. The van der Waals surface area contributed by atoms with Crippen LogP contribution in [0, 0.1) is 18.3 Å². The first kappa shape index (κ1) is 20.0. The maximum absolute atomic E-state index is 13.4. The van der Waals surface area contributed by atoms with Crippen LogP contribution in [0.3, 0.4) is 0 Å². The molecule has 1 aromatic carbocycles. The Morgan fingerprint density at radius 2 is 2.00 bits per heavy atom. The highest BCUT2D eigenvalue weighted by Crippen LogP contribution is 2.40. The van der Waals surface area contributed by atoms with Crippen molar-refractivity contribution in [2.75, 3.05) is 0 Å². The van der Waals surface area contributed by atoms with Gasteiger partial charge in [0.15, 0.2) is 0 Å². The Morgan fingerprint density at radius 3 is 2.66 bits per heavy atom. The van der Waals surface area contributed by atoms with Gasteiger partial charge in [-0.05, 0) is 37.5 Å². The van der Waals surface area contributed by atoms with Crippen LogP contribution in [0.2, 0.25) is 10.0 Å². The number of hydrogen-bond donors (Lipinski definition) is 1. The number of aromatic nitrogens is 1. The molecule has 4 rings (SSSR count). The molecule has 1 saturated carbocycles. The molecule has 0 bridgehead atoms. The van der Waals surface area contributed by atoms with E-state index in [2.05, 4.69) is 0 Å². The fourth-order valence-electron chi connectivity index (χ4n) is 3.99. The van der Waals surface area contributed by atoms with Gasteiger partial charge in [0.2, 0.25) is 11.7 Å².